The van der Waals surface area contributed by atoms with E-state index in [4.69, 9.17) is 0 Å². The average Bonchev–Trinajstić information content (AvgIpc) is 2.78. The zero-order valence-corrected chi connectivity index (χ0v) is 10.7. The van der Waals surface area contributed by atoms with Gasteiger partial charge in [-0.15, -0.1) is 0 Å². The second-order valence-corrected chi connectivity index (χ2v) is 5.17. The molecule has 3 atom stereocenters. The third-order valence-electron chi connectivity index (χ3n) is 4.09. The van der Waals surface area contributed by atoms with Crippen LogP contribution in [0.1, 0.15) is 23.2 Å². The minimum absolute atomic E-state index is 0.270. The molecule has 3 nitrogen and oxygen atoms in total. The number of methoxy groups -OCH3 is 1. The standard InChI is InChI=1S/C15H16FNO2/c1-19-15(18)10-5-6-12(16)14(8-10)17-13-7-9-3-2-4-11(9)13/h2,4-6,8-9,11,13,17H,3,7H2,1H3. The van der Waals surface area contributed by atoms with Gasteiger partial charge in [-0.25, -0.2) is 9.18 Å². The molecule has 0 aliphatic heterocycles. The summed E-state index contributed by atoms with van der Waals surface area (Å²) in [6.07, 6.45) is 6.58. The molecule has 2 aliphatic carbocycles. The normalized spacial score (nSPS) is 27.6. The van der Waals surface area contributed by atoms with Gasteiger partial charge < -0.3 is 10.1 Å². The molecule has 3 rings (SSSR count). The molecule has 0 saturated heterocycles. The summed E-state index contributed by atoms with van der Waals surface area (Å²) in [5, 5.41) is 3.20. The Balaban J connectivity index is 1.76. The molecule has 0 spiro atoms. The van der Waals surface area contributed by atoms with Gasteiger partial charge in [0.15, 0.2) is 0 Å². The maximum atomic E-state index is 13.8. The molecule has 100 valence electrons. The molecule has 1 aromatic carbocycles. The van der Waals surface area contributed by atoms with E-state index in [-0.39, 0.29) is 11.9 Å². The van der Waals surface area contributed by atoms with E-state index in [0.29, 0.717) is 23.1 Å². The Morgan fingerprint density at radius 2 is 2.32 bits per heavy atom. The molecule has 0 bridgehead atoms. The first-order valence-corrected chi connectivity index (χ1v) is 6.50. The highest BCUT2D eigenvalue weighted by Gasteiger charge is 2.41. The summed E-state index contributed by atoms with van der Waals surface area (Å²) in [7, 11) is 1.32. The van der Waals surface area contributed by atoms with Crippen LogP contribution in [0.3, 0.4) is 0 Å². The number of rotatable bonds is 3. The first kappa shape index (κ1) is 12.2. The number of ether oxygens (including phenoxy) is 1. The largest absolute Gasteiger partial charge is 0.465 e. The van der Waals surface area contributed by atoms with Crippen molar-refractivity contribution in [3.8, 4) is 0 Å². The maximum absolute atomic E-state index is 13.8. The summed E-state index contributed by atoms with van der Waals surface area (Å²) in [4.78, 5) is 11.4. The topological polar surface area (TPSA) is 38.3 Å². The Kier molecular flexibility index (Phi) is 3.01. The quantitative estimate of drug-likeness (QED) is 0.671. The number of halogens is 1. The molecule has 1 fully saturated rings. The van der Waals surface area contributed by atoms with Crippen LogP contribution in [0.15, 0.2) is 30.4 Å². The molecule has 0 amide bonds. The van der Waals surface area contributed by atoms with Crippen LogP contribution in [0.5, 0.6) is 0 Å². The van der Waals surface area contributed by atoms with Crippen molar-refractivity contribution in [2.45, 2.75) is 18.9 Å². The maximum Gasteiger partial charge on any atom is 0.337 e. The summed E-state index contributed by atoms with van der Waals surface area (Å²) < 4.78 is 18.4. The molecule has 0 heterocycles. The number of carbonyl (C=O) groups is 1. The van der Waals surface area contributed by atoms with E-state index in [1.807, 2.05) is 0 Å². The Labute approximate surface area is 111 Å². The summed E-state index contributed by atoms with van der Waals surface area (Å²) in [6, 6.07) is 4.53. The van der Waals surface area contributed by atoms with Crippen LogP contribution in [-0.4, -0.2) is 19.1 Å². The molecular weight excluding hydrogens is 245 g/mol. The van der Waals surface area contributed by atoms with Crippen molar-refractivity contribution in [3.05, 3.63) is 41.7 Å². The fourth-order valence-corrected chi connectivity index (χ4v) is 2.96. The van der Waals surface area contributed by atoms with Crippen LogP contribution in [-0.2, 0) is 4.74 Å². The number of hydrogen-bond donors (Lipinski definition) is 1. The van der Waals surface area contributed by atoms with Gasteiger partial charge in [0.2, 0.25) is 0 Å². The highest BCUT2D eigenvalue weighted by Crippen LogP contribution is 2.44. The van der Waals surface area contributed by atoms with E-state index in [2.05, 4.69) is 22.2 Å². The van der Waals surface area contributed by atoms with Gasteiger partial charge in [0, 0.05) is 12.0 Å². The molecule has 19 heavy (non-hydrogen) atoms. The van der Waals surface area contributed by atoms with E-state index >= 15 is 0 Å². The second kappa shape index (κ2) is 4.68. The number of anilines is 1. The van der Waals surface area contributed by atoms with Gasteiger partial charge in [0.1, 0.15) is 5.82 Å². The Morgan fingerprint density at radius 1 is 1.47 bits per heavy atom. The number of hydrogen-bond acceptors (Lipinski definition) is 3. The third-order valence-corrected chi connectivity index (χ3v) is 4.09. The molecule has 1 N–H and O–H groups in total. The first-order valence-electron chi connectivity index (χ1n) is 6.50. The van der Waals surface area contributed by atoms with Crippen LogP contribution in [0, 0.1) is 17.7 Å². The Bertz CT molecular complexity index is 541. The van der Waals surface area contributed by atoms with Crippen molar-refractivity contribution in [2.75, 3.05) is 12.4 Å². The Hall–Kier alpha value is -1.84. The van der Waals surface area contributed by atoms with Crippen LogP contribution in [0.4, 0.5) is 10.1 Å². The highest BCUT2D eigenvalue weighted by atomic mass is 19.1. The fraction of sp³-hybridized carbons (Fsp3) is 0.400. The first-order chi connectivity index (χ1) is 9.19. The van der Waals surface area contributed by atoms with E-state index in [0.717, 1.165) is 12.8 Å². The minimum Gasteiger partial charge on any atom is -0.465 e. The fourth-order valence-electron chi connectivity index (χ4n) is 2.96. The zero-order chi connectivity index (χ0) is 13.4. The number of carbonyl (C=O) groups excluding carboxylic acids is 1. The zero-order valence-electron chi connectivity index (χ0n) is 10.7. The van der Waals surface area contributed by atoms with E-state index < -0.39 is 5.97 Å². The van der Waals surface area contributed by atoms with Crippen molar-refractivity contribution in [1.29, 1.82) is 0 Å². The lowest BCUT2D eigenvalue weighted by molar-refractivity contribution is 0.0600. The van der Waals surface area contributed by atoms with Crippen molar-refractivity contribution in [3.63, 3.8) is 0 Å². The summed E-state index contributed by atoms with van der Waals surface area (Å²) in [5.74, 6) is 0.430. The number of fused-ring (bicyclic) bond motifs is 1. The predicted octanol–water partition coefficient (Wildman–Crippen LogP) is 2.99. The third kappa shape index (κ3) is 2.11. The van der Waals surface area contributed by atoms with Gasteiger partial charge in [0.25, 0.3) is 0 Å². The van der Waals surface area contributed by atoms with Crippen LogP contribution < -0.4 is 5.32 Å². The lowest BCUT2D eigenvalue weighted by Crippen LogP contribution is -2.43. The van der Waals surface area contributed by atoms with Gasteiger partial charge in [-0.1, -0.05) is 12.2 Å². The molecule has 2 aliphatic rings. The monoisotopic (exact) mass is 261 g/mol. The SMILES string of the molecule is COC(=O)c1ccc(F)c(NC2CC3CC=CC32)c1. The number of esters is 1. The van der Waals surface area contributed by atoms with Crippen molar-refractivity contribution < 1.29 is 13.9 Å². The van der Waals surface area contributed by atoms with Crippen molar-refractivity contribution in [2.24, 2.45) is 11.8 Å². The molecule has 1 aromatic rings. The molecular formula is C15H16FNO2. The summed E-state index contributed by atoms with van der Waals surface area (Å²) in [5.41, 5.74) is 0.746. The van der Waals surface area contributed by atoms with E-state index in [9.17, 15) is 9.18 Å². The van der Waals surface area contributed by atoms with Crippen LogP contribution in [0.2, 0.25) is 0 Å². The number of nitrogens with one attached hydrogen (secondary N) is 1. The second-order valence-electron chi connectivity index (χ2n) is 5.17. The molecule has 0 aromatic heterocycles. The van der Waals surface area contributed by atoms with Gasteiger partial charge in [-0.05, 0) is 37.0 Å². The average molecular weight is 261 g/mol. The van der Waals surface area contributed by atoms with Crippen molar-refractivity contribution in [1.82, 2.24) is 0 Å². The molecule has 1 saturated carbocycles. The Morgan fingerprint density at radius 3 is 3.05 bits per heavy atom. The molecule has 0 radical (unpaired) electrons. The summed E-state index contributed by atoms with van der Waals surface area (Å²) >= 11 is 0. The van der Waals surface area contributed by atoms with Gasteiger partial charge in [-0.2, -0.15) is 0 Å². The lowest BCUT2D eigenvalue weighted by Gasteiger charge is -2.41. The number of allylic oxidation sites excluding steroid dienone is 1. The highest BCUT2D eigenvalue weighted by molar-refractivity contribution is 5.90. The summed E-state index contributed by atoms with van der Waals surface area (Å²) in [6.45, 7) is 0. The van der Waals surface area contributed by atoms with Crippen LogP contribution in [0.25, 0.3) is 0 Å². The van der Waals surface area contributed by atoms with E-state index in [1.54, 1.807) is 0 Å². The van der Waals surface area contributed by atoms with Crippen LogP contribution >= 0.6 is 0 Å². The van der Waals surface area contributed by atoms with Gasteiger partial charge >= 0.3 is 5.97 Å². The smallest absolute Gasteiger partial charge is 0.337 e. The number of benzene rings is 1. The lowest BCUT2D eigenvalue weighted by atomic mass is 9.71. The van der Waals surface area contributed by atoms with Crippen molar-refractivity contribution >= 4 is 11.7 Å². The van der Waals surface area contributed by atoms with Gasteiger partial charge in [-0.3, -0.25) is 0 Å². The minimum atomic E-state index is -0.449. The van der Waals surface area contributed by atoms with Gasteiger partial charge in [0.05, 0.1) is 18.4 Å². The molecule has 3 unspecified atom stereocenters. The molecule has 4 heteroatoms. The van der Waals surface area contributed by atoms with E-state index in [1.165, 1.54) is 25.3 Å². The predicted molar refractivity (Wildman–Crippen MR) is 70.5 cm³/mol.